The number of aryl methyl sites for hydroxylation is 1. The first-order valence-electron chi connectivity index (χ1n) is 11.7. The molecule has 2 saturated heterocycles. The van der Waals surface area contributed by atoms with Gasteiger partial charge in [-0.25, -0.2) is 13.2 Å². The van der Waals surface area contributed by atoms with E-state index in [4.69, 9.17) is 9.90 Å². The second kappa shape index (κ2) is 11.8. The summed E-state index contributed by atoms with van der Waals surface area (Å²) >= 11 is 0. The summed E-state index contributed by atoms with van der Waals surface area (Å²) in [5.41, 5.74) is 2.75. The standard InChI is InChI=1S/C22H28N4O3S.C2HF3O2/c1-17-4-7-19(8-5-17)30(28,29)24-20-16-18(22(27)26-12-2-3-13-26)6-9-21(20)25-14-10-23-11-15-25;3-2(4,5)1(6)7/h4-9,16,23-24H,2-3,10-15H2,1H3;(H,6,7). The van der Waals surface area contributed by atoms with Crippen molar-refractivity contribution < 1.29 is 36.3 Å². The van der Waals surface area contributed by atoms with Crippen LogP contribution in [0.5, 0.6) is 0 Å². The van der Waals surface area contributed by atoms with Gasteiger partial charge in [0.05, 0.1) is 16.3 Å². The summed E-state index contributed by atoms with van der Waals surface area (Å²) in [5, 5.41) is 10.4. The topological polar surface area (TPSA) is 119 Å². The van der Waals surface area contributed by atoms with Crippen LogP contribution in [0.2, 0.25) is 0 Å². The van der Waals surface area contributed by atoms with Gasteiger partial charge in [-0.3, -0.25) is 9.52 Å². The molecular weight excluding hydrogens is 513 g/mol. The van der Waals surface area contributed by atoms with Crippen LogP contribution in [-0.4, -0.2) is 75.7 Å². The van der Waals surface area contributed by atoms with E-state index in [0.29, 0.717) is 11.3 Å². The van der Waals surface area contributed by atoms with Gasteiger partial charge in [-0.05, 0) is 50.1 Å². The average molecular weight is 543 g/mol. The molecular formula is C24H29F3N4O5S. The Morgan fingerprint density at radius 3 is 2.08 bits per heavy atom. The summed E-state index contributed by atoms with van der Waals surface area (Å²) in [7, 11) is -3.77. The molecule has 2 aliphatic heterocycles. The maximum atomic E-state index is 13.0. The number of benzene rings is 2. The van der Waals surface area contributed by atoms with Crippen LogP contribution < -0.4 is 14.9 Å². The number of carboxylic acid groups (broad SMARTS) is 1. The SMILES string of the molecule is Cc1ccc(S(=O)(=O)Nc2cc(C(=O)N3CCCC3)ccc2N2CCNCC2)cc1.O=C(O)C(F)(F)F. The third-order valence-corrected chi connectivity index (χ3v) is 7.29. The van der Waals surface area contributed by atoms with Gasteiger partial charge in [0.1, 0.15) is 0 Å². The molecule has 0 spiro atoms. The molecule has 2 heterocycles. The lowest BCUT2D eigenvalue weighted by Gasteiger charge is -2.31. The quantitative estimate of drug-likeness (QED) is 0.531. The number of hydrogen-bond donors (Lipinski definition) is 3. The van der Waals surface area contributed by atoms with Crippen LogP contribution >= 0.6 is 0 Å². The summed E-state index contributed by atoms with van der Waals surface area (Å²) in [6, 6.07) is 12.1. The van der Waals surface area contributed by atoms with E-state index in [1.807, 2.05) is 24.0 Å². The van der Waals surface area contributed by atoms with Crippen molar-refractivity contribution in [1.29, 1.82) is 0 Å². The van der Waals surface area contributed by atoms with Crippen LogP contribution in [0.4, 0.5) is 24.5 Å². The smallest absolute Gasteiger partial charge is 0.475 e. The number of halogens is 3. The zero-order valence-corrected chi connectivity index (χ0v) is 21.0. The zero-order chi connectivity index (χ0) is 27.2. The van der Waals surface area contributed by atoms with Gasteiger partial charge in [0, 0.05) is 44.8 Å². The van der Waals surface area contributed by atoms with E-state index >= 15 is 0 Å². The Balaban J connectivity index is 0.000000479. The minimum atomic E-state index is -5.08. The number of carboxylic acids is 1. The second-order valence-electron chi connectivity index (χ2n) is 8.69. The third-order valence-electron chi connectivity index (χ3n) is 5.91. The summed E-state index contributed by atoms with van der Waals surface area (Å²) in [6.45, 7) is 6.64. The largest absolute Gasteiger partial charge is 0.490 e. The van der Waals surface area contributed by atoms with E-state index in [1.54, 1.807) is 30.3 Å². The first-order chi connectivity index (χ1) is 17.4. The molecule has 37 heavy (non-hydrogen) atoms. The minimum Gasteiger partial charge on any atom is -0.475 e. The molecule has 0 bridgehead atoms. The lowest BCUT2D eigenvalue weighted by Crippen LogP contribution is -2.43. The molecule has 0 unspecified atom stereocenters. The fraction of sp³-hybridized carbons (Fsp3) is 0.417. The van der Waals surface area contributed by atoms with Crippen molar-refractivity contribution in [2.24, 2.45) is 0 Å². The Morgan fingerprint density at radius 1 is 0.973 bits per heavy atom. The highest BCUT2D eigenvalue weighted by Gasteiger charge is 2.38. The number of hydrogen-bond acceptors (Lipinski definition) is 6. The molecule has 3 N–H and O–H groups in total. The molecule has 0 aliphatic carbocycles. The van der Waals surface area contributed by atoms with Crippen molar-refractivity contribution in [3.05, 3.63) is 53.6 Å². The highest BCUT2D eigenvalue weighted by atomic mass is 32.2. The highest BCUT2D eigenvalue weighted by Crippen LogP contribution is 2.31. The van der Waals surface area contributed by atoms with Crippen LogP contribution in [0.25, 0.3) is 0 Å². The number of carbonyl (C=O) groups excluding carboxylic acids is 1. The number of alkyl halides is 3. The predicted molar refractivity (Wildman–Crippen MR) is 132 cm³/mol. The number of carbonyl (C=O) groups is 2. The molecule has 2 aliphatic rings. The molecule has 202 valence electrons. The van der Waals surface area contributed by atoms with Crippen LogP contribution in [0, 0.1) is 6.92 Å². The van der Waals surface area contributed by atoms with Crippen molar-refractivity contribution in [3.63, 3.8) is 0 Å². The van der Waals surface area contributed by atoms with Crippen LogP contribution in [0.15, 0.2) is 47.4 Å². The lowest BCUT2D eigenvalue weighted by atomic mass is 10.1. The summed E-state index contributed by atoms with van der Waals surface area (Å²) in [6.07, 6.45) is -3.06. The Morgan fingerprint density at radius 2 is 1.54 bits per heavy atom. The maximum absolute atomic E-state index is 13.0. The van der Waals surface area contributed by atoms with Gasteiger partial charge in [-0.15, -0.1) is 0 Å². The minimum absolute atomic E-state index is 0.0462. The number of amides is 1. The van der Waals surface area contributed by atoms with Crippen molar-refractivity contribution in [2.75, 3.05) is 48.9 Å². The first kappa shape index (κ1) is 28.3. The van der Waals surface area contributed by atoms with Crippen molar-refractivity contribution in [1.82, 2.24) is 10.2 Å². The fourth-order valence-electron chi connectivity index (χ4n) is 3.96. The summed E-state index contributed by atoms with van der Waals surface area (Å²) in [4.78, 5) is 26.0. The van der Waals surface area contributed by atoms with Gasteiger partial charge < -0.3 is 20.2 Å². The number of sulfonamides is 1. The molecule has 2 aromatic carbocycles. The third kappa shape index (κ3) is 7.59. The maximum Gasteiger partial charge on any atom is 0.490 e. The molecule has 0 aromatic heterocycles. The van der Waals surface area contributed by atoms with E-state index in [9.17, 15) is 26.4 Å². The van der Waals surface area contributed by atoms with Gasteiger partial charge in [0.15, 0.2) is 0 Å². The Labute approximate surface area is 213 Å². The molecule has 2 fully saturated rings. The lowest BCUT2D eigenvalue weighted by molar-refractivity contribution is -0.192. The van der Waals surface area contributed by atoms with Crippen molar-refractivity contribution in [3.8, 4) is 0 Å². The molecule has 2 aromatic rings. The number of piperazine rings is 1. The molecule has 1 amide bonds. The summed E-state index contributed by atoms with van der Waals surface area (Å²) < 4.78 is 60.6. The number of anilines is 2. The zero-order valence-electron chi connectivity index (χ0n) is 20.2. The highest BCUT2D eigenvalue weighted by molar-refractivity contribution is 7.92. The van der Waals surface area contributed by atoms with Gasteiger partial charge in [-0.1, -0.05) is 17.7 Å². The number of aliphatic carboxylic acids is 1. The number of rotatable bonds is 5. The Kier molecular flexibility index (Phi) is 9.02. The van der Waals surface area contributed by atoms with E-state index in [-0.39, 0.29) is 10.8 Å². The van der Waals surface area contributed by atoms with Crippen LogP contribution in [0.3, 0.4) is 0 Å². The number of likely N-dealkylation sites (tertiary alicyclic amines) is 1. The Bertz CT molecular complexity index is 1210. The van der Waals surface area contributed by atoms with Gasteiger partial charge in [-0.2, -0.15) is 13.2 Å². The average Bonchev–Trinajstić information content (AvgIpc) is 3.39. The van der Waals surface area contributed by atoms with Gasteiger partial charge in [0.2, 0.25) is 0 Å². The van der Waals surface area contributed by atoms with Gasteiger partial charge >= 0.3 is 12.1 Å². The van der Waals surface area contributed by atoms with Crippen molar-refractivity contribution in [2.45, 2.75) is 30.8 Å². The molecule has 0 radical (unpaired) electrons. The molecule has 0 saturated carbocycles. The predicted octanol–water partition coefficient (Wildman–Crippen LogP) is 3.07. The normalized spacial score (nSPS) is 16.1. The van der Waals surface area contributed by atoms with E-state index in [1.165, 1.54) is 0 Å². The number of nitrogens with one attached hydrogen (secondary N) is 2. The van der Waals surface area contributed by atoms with Gasteiger partial charge in [0.25, 0.3) is 15.9 Å². The van der Waals surface area contributed by atoms with E-state index in [0.717, 1.165) is 63.4 Å². The molecule has 0 atom stereocenters. The molecule has 9 nitrogen and oxygen atoms in total. The monoisotopic (exact) mass is 542 g/mol. The van der Waals surface area contributed by atoms with E-state index in [2.05, 4.69) is 14.9 Å². The Hall–Kier alpha value is -3.32. The van der Waals surface area contributed by atoms with E-state index < -0.39 is 22.2 Å². The van der Waals surface area contributed by atoms with Crippen LogP contribution in [0.1, 0.15) is 28.8 Å². The second-order valence-corrected chi connectivity index (χ2v) is 10.4. The first-order valence-corrected chi connectivity index (χ1v) is 13.2. The molecule has 4 rings (SSSR count). The fourth-order valence-corrected chi connectivity index (χ4v) is 5.02. The van der Waals surface area contributed by atoms with Crippen LogP contribution in [-0.2, 0) is 14.8 Å². The molecule has 13 heteroatoms. The van der Waals surface area contributed by atoms with Crippen molar-refractivity contribution >= 4 is 33.3 Å². The number of nitrogens with zero attached hydrogens (tertiary/aromatic N) is 2. The summed E-state index contributed by atoms with van der Waals surface area (Å²) in [5.74, 6) is -2.80.